The number of benzene rings is 2. The number of rotatable bonds is 4. The van der Waals surface area contributed by atoms with E-state index in [4.69, 9.17) is 17.0 Å². The summed E-state index contributed by atoms with van der Waals surface area (Å²) in [7, 11) is 0. The topological polar surface area (TPSA) is 62.4 Å². The lowest BCUT2D eigenvalue weighted by Crippen LogP contribution is -2.52. The number of hydrogen-bond acceptors (Lipinski definition) is 3. The zero-order valence-electron chi connectivity index (χ0n) is 14.6. The molecule has 25 heavy (non-hydrogen) atoms. The van der Waals surface area contributed by atoms with Crippen LogP contribution in [-0.4, -0.2) is 23.2 Å². The monoisotopic (exact) mass is 357 g/mol. The summed E-state index contributed by atoms with van der Waals surface area (Å²) in [4.78, 5) is 11.8. The number of thiocarbonyl (C=S) groups is 1. The molecule has 0 aliphatic heterocycles. The molecular formula is C19H23N3O2S. The Labute approximate surface area is 153 Å². The number of nitrogens with one attached hydrogen (secondary N) is 3. The average Bonchev–Trinajstić information content (AvgIpc) is 2.58. The molecule has 0 heterocycles. The Hall–Kier alpha value is -2.60. The predicted octanol–water partition coefficient (Wildman–Crippen LogP) is 3.03. The highest BCUT2D eigenvalue weighted by Crippen LogP contribution is 2.21. The summed E-state index contributed by atoms with van der Waals surface area (Å²) in [5.74, 6) is 0.315. The largest absolute Gasteiger partial charge is 0.484 e. The van der Waals surface area contributed by atoms with Crippen molar-refractivity contribution < 1.29 is 9.53 Å². The fourth-order valence-corrected chi connectivity index (χ4v) is 2.41. The van der Waals surface area contributed by atoms with Gasteiger partial charge in [-0.1, -0.05) is 42.5 Å². The van der Waals surface area contributed by atoms with E-state index >= 15 is 0 Å². The number of amides is 1. The van der Waals surface area contributed by atoms with Gasteiger partial charge in [0.25, 0.3) is 5.91 Å². The average molecular weight is 357 g/mol. The molecule has 0 aliphatic rings. The number of carbonyl (C=O) groups is 1. The molecule has 0 spiro atoms. The molecule has 5 nitrogen and oxygen atoms in total. The van der Waals surface area contributed by atoms with Crippen LogP contribution in [0.2, 0.25) is 0 Å². The summed E-state index contributed by atoms with van der Waals surface area (Å²) in [5, 5.41) is 3.39. The summed E-state index contributed by atoms with van der Waals surface area (Å²) in [6.07, 6.45) is 0. The van der Waals surface area contributed by atoms with Gasteiger partial charge in [0.2, 0.25) is 0 Å². The SMILES string of the molecule is CC(C)(C)NC(=S)NNC(=O)COc1ccc(-c2ccccc2)cc1. The van der Waals surface area contributed by atoms with E-state index in [1.165, 1.54) is 0 Å². The van der Waals surface area contributed by atoms with Crippen molar-refractivity contribution in [2.45, 2.75) is 26.3 Å². The maximum Gasteiger partial charge on any atom is 0.276 e. The van der Waals surface area contributed by atoms with Crippen LogP contribution in [0.3, 0.4) is 0 Å². The highest BCUT2D eigenvalue weighted by atomic mass is 32.1. The molecule has 0 saturated carbocycles. The second-order valence-corrected chi connectivity index (χ2v) is 6.96. The van der Waals surface area contributed by atoms with Gasteiger partial charge in [0.15, 0.2) is 11.7 Å². The van der Waals surface area contributed by atoms with Crippen molar-refractivity contribution in [3.8, 4) is 16.9 Å². The Morgan fingerprint density at radius 3 is 2.16 bits per heavy atom. The first kappa shape index (κ1) is 18.7. The van der Waals surface area contributed by atoms with Crippen LogP contribution in [0, 0.1) is 0 Å². The normalized spacial score (nSPS) is 10.7. The van der Waals surface area contributed by atoms with Crippen LogP contribution >= 0.6 is 12.2 Å². The molecular weight excluding hydrogens is 334 g/mol. The van der Waals surface area contributed by atoms with Crippen molar-refractivity contribution in [1.29, 1.82) is 0 Å². The molecule has 0 aromatic heterocycles. The summed E-state index contributed by atoms with van der Waals surface area (Å²) in [5.41, 5.74) is 7.20. The van der Waals surface area contributed by atoms with Gasteiger partial charge in [0.05, 0.1) is 0 Å². The van der Waals surface area contributed by atoms with Crippen molar-refractivity contribution in [1.82, 2.24) is 16.2 Å². The molecule has 0 radical (unpaired) electrons. The molecule has 0 unspecified atom stereocenters. The smallest absolute Gasteiger partial charge is 0.276 e. The first-order valence-corrected chi connectivity index (χ1v) is 8.39. The van der Waals surface area contributed by atoms with Crippen LogP contribution in [0.1, 0.15) is 20.8 Å². The third kappa shape index (κ3) is 6.81. The van der Waals surface area contributed by atoms with Gasteiger partial charge in [-0.25, -0.2) is 0 Å². The van der Waals surface area contributed by atoms with Gasteiger partial charge in [-0.2, -0.15) is 0 Å². The molecule has 0 fully saturated rings. The zero-order chi connectivity index (χ0) is 18.3. The zero-order valence-corrected chi connectivity index (χ0v) is 15.4. The molecule has 0 bridgehead atoms. The van der Waals surface area contributed by atoms with Crippen molar-refractivity contribution in [2.24, 2.45) is 0 Å². The number of hydrogen-bond donors (Lipinski definition) is 3. The number of carbonyl (C=O) groups excluding carboxylic acids is 1. The first-order chi connectivity index (χ1) is 11.8. The second-order valence-electron chi connectivity index (χ2n) is 6.56. The Morgan fingerprint density at radius 2 is 1.56 bits per heavy atom. The molecule has 6 heteroatoms. The van der Waals surface area contributed by atoms with Crippen molar-refractivity contribution in [2.75, 3.05) is 6.61 Å². The Morgan fingerprint density at radius 1 is 0.960 bits per heavy atom. The highest BCUT2D eigenvalue weighted by molar-refractivity contribution is 7.80. The van der Waals surface area contributed by atoms with Crippen LogP contribution < -0.4 is 20.9 Å². The van der Waals surface area contributed by atoms with E-state index in [0.717, 1.165) is 11.1 Å². The highest BCUT2D eigenvalue weighted by Gasteiger charge is 2.11. The quantitative estimate of drug-likeness (QED) is 0.580. The second kappa shape index (κ2) is 8.48. The summed E-state index contributed by atoms with van der Waals surface area (Å²) in [6.45, 7) is 5.83. The van der Waals surface area contributed by atoms with E-state index in [1.807, 2.05) is 75.4 Å². The molecule has 2 rings (SSSR count). The van der Waals surface area contributed by atoms with E-state index in [9.17, 15) is 4.79 Å². The molecule has 2 aromatic carbocycles. The molecule has 1 amide bonds. The van der Waals surface area contributed by atoms with Crippen LogP contribution in [-0.2, 0) is 4.79 Å². The van der Waals surface area contributed by atoms with Crippen LogP contribution in [0.5, 0.6) is 5.75 Å². The molecule has 132 valence electrons. The molecule has 2 aromatic rings. The lowest BCUT2D eigenvalue weighted by molar-refractivity contribution is -0.123. The van der Waals surface area contributed by atoms with E-state index in [-0.39, 0.29) is 18.1 Å². The van der Waals surface area contributed by atoms with Crippen molar-refractivity contribution in [3.63, 3.8) is 0 Å². The minimum atomic E-state index is -0.315. The lowest BCUT2D eigenvalue weighted by Gasteiger charge is -2.23. The van der Waals surface area contributed by atoms with Crippen LogP contribution in [0.25, 0.3) is 11.1 Å². The Kier molecular flexibility index (Phi) is 6.36. The third-order valence-electron chi connectivity index (χ3n) is 3.14. The van der Waals surface area contributed by atoms with Gasteiger partial charge in [-0.05, 0) is 56.2 Å². The first-order valence-electron chi connectivity index (χ1n) is 7.99. The van der Waals surface area contributed by atoms with Gasteiger partial charge in [0, 0.05) is 5.54 Å². The van der Waals surface area contributed by atoms with E-state index in [2.05, 4.69) is 16.2 Å². The fourth-order valence-electron chi connectivity index (χ4n) is 2.06. The minimum absolute atomic E-state index is 0.101. The van der Waals surface area contributed by atoms with E-state index < -0.39 is 0 Å². The maximum atomic E-state index is 11.8. The van der Waals surface area contributed by atoms with Gasteiger partial charge in [0.1, 0.15) is 5.75 Å². The summed E-state index contributed by atoms with van der Waals surface area (Å²) in [6, 6.07) is 17.7. The van der Waals surface area contributed by atoms with Gasteiger partial charge < -0.3 is 10.1 Å². The molecule has 0 aliphatic carbocycles. The molecule has 0 atom stereocenters. The minimum Gasteiger partial charge on any atom is -0.484 e. The predicted molar refractivity (Wildman–Crippen MR) is 104 cm³/mol. The molecule has 0 saturated heterocycles. The fraction of sp³-hybridized carbons (Fsp3) is 0.263. The molecule has 3 N–H and O–H groups in total. The lowest BCUT2D eigenvalue weighted by atomic mass is 10.1. The Bertz CT molecular complexity index is 710. The third-order valence-corrected chi connectivity index (χ3v) is 3.34. The van der Waals surface area contributed by atoms with Gasteiger partial charge in [-0.3, -0.25) is 15.6 Å². The number of ether oxygens (including phenoxy) is 1. The maximum absolute atomic E-state index is 11.8. The number of hydrazine groups is 1. The van der Waals surface area contributed by atoms with Crippen molar-refractivity contribution >= 4 is 23.2 Å². The van der Waals surface area contributed by atoms with Crippen LogP contribution in [0.4, 0.5) is 0 Å². The summed E-state index contributed by atoms with van der Waals surface area (Å²) < 4.78 is 5.48. The van der Waals surface area contributed by atoms with Crippen LogP contribution in [0.15, 0.2) is 54.6 Å². The van der Waals surface area contributed by atoms with Gasteiger partial charge in [-0.15, -0.1) is 0 Å². The summed E-state index contributed by atoms with van der Waals surface area (Å²) >= 11 is 5.08. The van der Waals surface area contributed by atoms with E-state index in [1.54, 1.807) is 0 Å². The Balaban J connectivity index is 1.77. The van der Waals surface area contributed by atoms with E-state index in [0.29, 0.717) is 10.9 Å². The van der Waals surface area contributed by atoms with Gasteiger partial charge >= 0.3 is 0 Å². The van der Waals surface area contributed by atoms with Crippen molar-refractivity contribution in [3.05, 3.63) is 54.6 Å². The standard InChI is InChI=1S/C19H23N3O2S/c1-19(2,3)20-18(25)22-21-17(23)13-24-16-11-9-15(10-12-16)14-7-5-4-6-8-14/h4-12H,13H2,1-3H3,(H,21,23)(H2,20,22,25).